The van der Waals surface area contributed by atoms with Gasteiger partial charge in [0, 0.05) is 25.9 Å². The van der Waals surface area contributed by atoms with Crippen molar-refractivity contribution in [3.63, 3.8) is 0 Å². The summed E-state index contributed by atoms with van der Waals surface area (Å²) in [5, 5.41) is 0. The van der Waals surface area contributed by atoms with Gasteiger partial charge >= 0.3 is 0 Å². The zero-order valence-corrected chi connectivity index (χ0v) is 10.6. The van der Waals surface area contributed by atoms with E-state index in [9.17, 15) is 0 Å². The van der Waals surface area contributed by atoms with Crippen LogP contribution >= 0.6 is 15.9 Å². The summed E-state index contributed by atoms with van der Waals surface area (Å²) in [5.74, 6) is 1.91. The van der Waals surface area contributed by atoms with Crippen molar-refractivity contribution < 1.29 is 4.74 Å². The van der Waals surface area contributed by atoms with Crippen LogP contribution in [0.5, 0.6) is 5.75 Å². The number of nitrogens with zero attached hydrogens (tertiary/aromatic N) is 2. The van der Waals surface area contributed by atoms with Gasteiger partial charge in [-0.2, -0.15) is 0 Å². The molecule has 0 spiro atoms. The molecule has 0 saturated carbocycles. The first kappa shape index (κ1) is 11.2. The predicted molar refractivity (Wildman–Crippen MR) is 66.5 cm³/mol. The van der Waals surface area contributed by atoms with E-state index in [1.54, 1.807) is 6.20 Å². The Morgan fingerprint density at radius 2 is 2.19 bits per heavy atom. The fraction of sp³-hybridized carbons (Fsp3) is 0.250. The van der Waals surface area contributed by atoms with E-state index in [0.717, 1.165) is 22.5 Å². The van der Waals surface area contributed by atoms with Crippen LogP contribution in [0.15, 0.2) is 41.1 Å². The second kappa shape index (κ2) is 5.16. The highest BCUT2D eigenvalue weighted by Gasteiger charge is 2.01. The van der Waals surface area contributed by atoms with Gasteiger partial charge in [-0.1, -0.05) is 12.1 Å². The molecule has 1 aromatic carbocycles. The maximum Gasteiger partial charge on any atom is 0.133 e. The average molecular weight is 281 g/mol. The lowest BCUT2D eigenvalue weighted by molar-refractivity contribution is 0.315. The van der Waals surface area contributed by atoms with Gasteiger partial charge in [0.1, 0.15) is 11.6 Å². The van der Waals surface area contributed by atoms with Crippen LogP contribution in [0.3, 0.4) is 0 Å². The molecule has 0 radical (unpaired) electrons. The third-order valence-electron chi connectivity index (χ3n) is 2.34. The minimum Gasteiger partial charge on any atom is -0.492 e. The van der Waals surface area contributed by atoms with Crippen LogP contribution in [0.1, 0.15) is 5.82 Å². The summed E-state index contributed by atoms with van der Waals surface area (Å²) in [7, 11) is 1.99. The van der Waals surface area contributed by atoms with Crippen molar-refractivity contribution in [2.45, 2.75) is 6.42 Å². The fourth-order valence-electron chi connectivity index (χ4n) is 1.45. The summed E-state index contributed by atoms with van der Waals surface area (Å²) < 4.78 is 8.65. The van der Waals surface area contributed by atoms with Crippen molar-refractivity contribution in [1.82, 2.24) is 9.55 Å². The molecule has 0 unspecified atom stereocenters. The zero-order chi connectivity index (χ0) is 11.4. The average Bonchev–Trinajstić information content (AvgIpc) is 2.67. The number of ether oxygens (including phenoxy) is 1. The molecule has 0 aliphatic rings. The van der Waals surface area contributed by atoms with Gasteiger partial charge in [0.15, 0.2) is 0 Å². The molecule has 2 aromatic rings. The van der Waals surface area contributed by atoms with Gasteiger partial charge in [0.05, 0.1) is 11.1 Å². The van der Waals surface area contributed by atoms with Gasteiger partial charge in [-0.15, -0.1) is 0 Å². The first-order valence-electron chi connectivity index (χ1n) is 5.11. The zero-order valence-electron chi connectivity index (χ0n) is 9.06. The largest absolute Gasteiger partial charge is 0.492 e. The number of imidazole rings is 1. The number of para-hydroxylation sites is 1. The molecule has 16 heavy (non-hydrogen) atoms. The van der Waals surface area contributed by atoms with Crippen LogP contribution in [0.4, 0.5) is 0 Å². The molecule has 0 bridgehead atoms. The number of halogens is 1. The monoisotopic (exact) mass is 280 g/mol. The second-order valence-corrected chi connectivity index (χ2v) is 4.34. The third-order valence-corrected chi connectivity index (χ3v) is 3.00. The highest BCUT2D eigenvalue weighted by molar-refractivity contribution is 9.10. The number of aromatic nitrogens is 2. The van der Waals surface area contributed by atoms with Gasteiger partial charge in [-0.05, 0) is 28.1 Å². The number of aryl methyl sites for hydroxylation is 1. The first-order chi connectivity index (χ1) is 7.77. The van der Waals surface area contributed by atoms with Crippen molar-refractivity contribution >= 4 is 15.9 Å². The van der Waals surface area contributed by atoms with Crippen molar-refractivity contribution in [1.29, 1.82) is 0 Å². The molecule has 0 N–H and O–H groups in total. The normalized spacial score (nSPS) is 10.4. The molecule has 1 heterocycles. The lowest BCUT2D eigenvalue weighted by Gasteiger charge is -2.07. The van der Waals surface area contributed by atoms with Gasteiger partial charge in [0.2, 0.25) is 0 Å². The van der Waals surface area contributed by atoms with E-state index in [2.05, 4.69) is 20.9 Å². The quantitative estimate of drug-likeness (QED) is 0.861. The van der Waals surface area contributed by atoms with Crippen molar-refractivity contribution in [2.24, 2.45) is 7.05 Å². The van der Waals surface area contributed by atoms with Crippen LogP contribution in [-0.4, -0.2) is 16.2 Å². The summed E-state index contributed by atoms with van der Waals surface area (Å²) in [6.07, 6.45) is 4.55. The first-order valence-corrected chi connectivity index (χ1v) is 5.90. The Morgan fingerprint density at radius 1 is 1.38 bits per heavy atom. The third kappa shape index (κ3) is 2.64. The molecule has 4 heteroatoms. The number of hydrogen-bond acceptors (Lipinski definition) is 2. The summed E-state index contributed by atoms with van der Waals surface area (Å²) in [4.78, 5) is 4.24. The second-order valence-electron chi connectivity index (χ2n) is 3.48. The maximum atomic E-state index is 5.66. The summed E-state index contributed by atoms with van der Waals surface area (Å²) in [6, 6.07) is 7.84. The van der Waals surface area contributed by atoms with Crippen LogP contribution < -0.4 is 4.74 Å². The molecule has 0 saturated heterocycles. The topological polar surface area (TPSA) is 27.1 Å². The molecule has 0 aliphatic heterocycles. The van der Waals surface area contributed by atoms with Gasteiger partial charge < -0.3 is 9.30 Å². The molecule has 84 valence electrons. The standard InChI is InChI=1S/C12H13BrN2O/c1-15-8-7-14-12(15)6-9-16-11-5-3-2-4-10(11)13/h2-5,7-8H,6,9H2,1H3. The van der Waals surface area contributed by atoms with E-state index in [1.807, 2.05) is 42.1 Å². The molecular formula is C12H13BrN2O. The minimum atomic E-state index is 0.632. The Hall–Kier alpha value is -1.29. The minimum absolute atomic E-state index is 0.632. The van der Waals surface area contributed by atoms with Crippen LogP contribution in [-0.2, 0) is 13.5 Å². The van der Waals surface area contributed by atoms with Crippen LogP contribution in [0, 0.1) is 0 Å². The summed E-state index contributed by atoms with van der Waals surface area (Å²) >= 11 is 3.44. The number of rotatable bonds is 4. The van der Waals surface area contributed by atoms with Crippen LogP contribution in [0.25, 0.3) is 0 Å². The Labute approximate surface area is 103 Å². The highest BCUT2D eigenvalue weighted by Crippen LogP contribution is 2.23. The maximum absolute atomic E-state index is 5.66. The Kier molecular flexibility index (Phi) is 3.62. The Bertz CT molecular complexity index is 468. The van der Waals surface area contributed by atoms with Crippen molar-refractivity contribution in [2.75, 3.05) is 6.61 Å². The molecule has 0 fully saturated rings. The van der Waals surface area contributed by atoms with E-state index >= 15 is 0 Å². The summed E-state index contributed by atoms with van der Waals surface area (Å²) in [6.45, 7) is 0.632. The van der Waals surface area contributed by atoms with E-state index in [-0.39, 0.29) is 0 Å². The molecule has 3 nitrogen and oxygen atoms in total. The van der Waals surface area contributed by atoms with Crippen molar-refractivity contribution in [3.8, 4) is 5.75 Å². The molecule has 0 atom stereocenters. The predicted octanol–water partition coefficient (Wildman–Crippen LogP) is 2.80. The lowest BCUT2D eigenvalue weighted by atomic mass is 10.3. The van der Waals surface area contributed by atoms with Gasteiger partial charge in [-0.25, -0.2) is 4.98 Å². The number of benzene rings is 1. The SMILES string of the molecule is Cn1ccnc1CCOc1ccccc1Br. The molecule has 0 aliphatic carbocycles. The fourth-order valence-corrected chi connectivity index (χ4v) is 1.85. The Balaban J connectivity index is 1.89. The molecule has 2 rings (SSSR count). The smallest absolute Gasteiger partial charge is 0.133 e. The molecule has 0 amide bonds. The summed E-state index contributed by atoms with van der Waals surface area (Å²) in [5.41, 5.74) is 0. The molecular weight excluding hydrogens is 268 g/mol. The van der Waals surface area contributed by atoms with E-state index in [4.69, 9.17) is 4.74 Å². The van der Waals surface area contributed by atoms with E-state index in [1.165, 1.54) is 0 Å². The van der Waals surface area contributed by atoms with Gasteiger partial charge in [-0.3, -0.25) is 0 Å². The van der Waals surface area contributed by atoms with Crippen LogP contribution in [0.2, 0.25) is 0 Å². The van der Waals surface area contributed by atoms with E-state index in [0.29, 0.717) is 6.61 Å². The van der Waals surface area contributed by atoms with Crippen molar-refractivity contribution in [3.05, 3.63) is 47.0 Å². The molecule has 1 aromatic heterocycles. The highest BCUT2D eigenvalue weighted by atomic mass is 79.9. The van der Waals surface area contributed by atoms with E-state index < -0.39 is 0 Å². The van der Waals surface area contributed by atoms with Gasteiger partial charge in [0.25, 0.3) is 0 Å². The lowest BCUT2D eigenvalue weighted by Crippen LogP contribution is -2.06. The Morgan fingerprint density at radius 3 is 2.88 bits per heavy atom. The number of hydrogen-bond donors (Lipinski definition) is 0.